The number of benzene rings is 1. The van der Waals surface area contributed by atoms with Gasteiger partial charge in [0.1, 0.15) is 18.0 Å². The number of amides is 1. The molecule has 1 amide bonds. The van der Waals surface area contributed by atoms with Crippen LogP contribution in [0.25, 0.3) is 0 Å². The van der Waals surface area contributed by atoms with Crippen molar-refractivity contribution in [2.24, 2.45) is 0 Å². The number of hydrogen-bond acceptors (Lipinski definition) is 4. The van der Waals surface area contributed by atoms with Crippen LogP contribution < -0.4 is 5.32 Å². The molecule has 1 unspecified atom stereocenters. The smallest absolute Gasteiger partial charge is 0.407 e. The SMILES string of the molecule is CC(COCC(=O)c1ccc(F)cc1)NC(=O)OC(C)(C)C. The molecule has 1 N–H and O–H groups in total. The quantitative estimate of drug-likeness (QED) is 0.820. The molecular weight excluding hydrogens is 289 g/mol. The van der Waals surface area contributed by atoms with Gasteiger partial charge in [-0.15, -0.1) is 0 Å². The lowest BCUT2D eigenvalue weighted by atomic mass is 10.1. The van der Waals surface area contributed by atoms with E-state index in [1.165, 1.54) is 24.3 Å². The van der Waals surface area contributed by atoms with E-state index in [9.17, 15) is 14.0 Å². The number of ether oxygens (including phenoxy) is 2. The van der Waals surface area contributed by atoms with Crippen LogP contribution in [0.1, 0.15) is 38.1 Å². The van der Waals surface area contributed by atoms with Gasteiger partial charge in [0.15, 0.2) is 5.78 Å². The Bertz CT molecular complexity index is 508. The molecule has 122 valence electrons. The van der Waals surface area contributed by atoms with Gasteiger partial charge < -0.3 is 14.8 Å². The molecule has 0 heterocycles. The lowest BCUT2D eigenvalue weighted by Gasteiger charge is -2.21. The van der Waals surface area contributed by atoms with E-state index in [-0.39, 0.29) is 25.0 Å². The van der Waals surface area contributed by atoms with Crippen LogP contribution in [0.5, 0.6) is 0 Å². The van der Waals surface area contributed by atoms with Gasteiger partial charge in [-0.05, 0) is 52.0 Å². The number of carbonyl (C=O) groups excluding carboxylic acids is 2. The third-order valence-corrected chi connectivity index (χ3v) is 2.53. The van der Waals surface area contributed by atoms with Gasteiger partial charge in [0.05, 0.1) is 12.6 Å². The number of hydrogen-bond donors (Lipinski definition) is 1. The van der Waals surface area contributed by atoms with Crippen molar-refractivity contribution < 1.29 is 23.5 Å². The first-order chi connectivity index (χ1) is 10.2. The van der Waals surface area contributed by atoms with Crippen molar-refractivity contribution in [2.45, 2.75) is 39.3 Å². The molecule has 1 atom stereocenters. The van der Waals surface area contributed by atoms with E-state index >= 15 is 0 Å². The minimum absolute atomic E-state index is 0.133. The number of carbonyl (C=O) groups is 2. The number of ketones is 1. The molecule has 0 saturated carbocycles. The summed E-state index contributed by atoms with van der Waals surface area (Å²) < 4.78 is 23.1. The highest BCUT2D eigenvalue weighted by atomic mass is 19.1. The number of halogens is 1. The third kappa shape index (κ3) is 7.17. The predicted molar refractivity (Wildman–Crippen MR) is 80.4 cm³/mol. The Morgan fingerprint density at radius 2 is 1.82 bits per heavy atom. The van der Waals surface area contributed by atoms with Crippen molar-refractivity contribution in [1.29, 1.82) is 0 Å². The summed E-state index contributed by atoms with van der Waals surface area (Å²) >= 11 is 0. The summed E-state index contributed by atoms with van der Waals surface area (Å²) in [5.74, 6) is -0.642. The Morgan fingerprint density at radius 3 is 2.36 bits per heavy atom. The molecule has 22 heavy (non-hydrogen) atoms. The maximum Gasteiger partial charge on any atom is 0.407 e. The molecule has 0 radical (unpaired) electrons. The van der Waals surface area contributed by atoms with Gasteiger partial charge in [-0.3, -0.25) is 4.79 Å². The summed E-state index contributed by atoms with van der Waals surface area (Å²) in [6, 6.07) is 4.96. The Morgan fingerprint density at radius 1 is 1.23 bits per heavy atom. The zero-order valence-corrected chi connectivity index (χ0v) is 13.3. The van der Waals surface area contributed by atoms with Gasteiger partial charge in [-0.2, -0.15) is 0 Å². The third-order valence-electron chi connectivity index (χ3n) is 2.53. The summed E-state index contributed by atoms with van der Waals surface area (Å²) in [6.07, 6.45) is -0.534. The maximum absolute atomic E-state index is 12.8. The molecule has 1 rings (SSSR count). The Kier molecular flexibility index (Phi) is 6.49. The highest BCUT2D eigenvalue weighted by Gasteiger charge is 2.17. The van der Waals surface area contributed by atoms with E-state index in [1.54, 1.807) is 27.7 Å². The molecule has 0 bridgehead atoms. The van der Waals surface area contributed by atoms with E-state index in [0.29, 0.717) is 5.56 Å². The Labute approximate surface area is 129 Å². The second kappa shape index (κ2) is 7.89. The minimum atomic E-state index is -0.566. The zero-order valence-electron chi connectivity index (χ0n) is 13.3. The molecule has 1 aromatic rings. The lowest BCUT2D eigenvalue weighted by Crippen LogP contribution is -2.40. The summed E-state index contributed by atoms with van der Waals surface area (Å²) in [4.78, 5) is 23.3. The molecule has 0 aliphatic heterocycles. The molecule has 6 heteroatoms. The first-order valence-corrected chi connectivity index (χ1v) is 7.03. The Hall–Kier alpha value is -1.95. The zero-order chi connectivity index (χ0) is 16.8. The average Bonchev–Trinajstić information content (AvgIpc) is 2.36. The van der Waals surface area contributed by atoms with Gasteiger partial charge in [0.2, 0.25) is 0 Å². The largest absolute Gasteiger partial charge is 0.444 e. The van der Waals surface area contributed by atoms with E-state index in [1.807, 2.05) is 0 Å². The second-order valence-corrected chi connectivity index (χ2v) is 5.99. The van der Waals surface area contributed by atoms with Crippen LogP contribution in [-0.4, -0.2) is 36.7 Å². The van der Waals surface area contributed by atoms with Crippen LogP contribution in [0.15, 0.2) is 24.3 Å². The van der Waals surface area contributed by atoms with Gasteiger partial charge in [-0.25, -0.2) is 9.18 Å². The highest BCUT2D eigenvalue weighted by molar-refractivity contribution is 5.97. The molecular formula is C16H22FNO4. The fourth-order valence-electron chi connectivity index (χ4n) is 1.60. The van der Waals surface area contributed by atoms with Crippen molar-refractivity contribution in [1.82, 2.24) is 5.32 Å². The van der Waals surface area contributed by atoms with Crippen molar-refractivity contribution in [2.75, 3.05) is 13.2 Å². The number of alkyl carbamates (subject to hydrolysis) is 1. The second-order valence-electron chi connectivity index (χ2n) is 5.99. The maximum atomic E-state index is 12.8. The molecule has 1 aromatic carbocycles. The van der Waals surface area contributed by atoms with Gasteiger partial charge in [-0.1, -0.05) is 0 Å². The van der Waals surface area contributed by atoms with E-state index in [2.05, 4.69) is 5.32 Å². The summed E-state index contributed by atoms with van der Waals surface area (Å²) in [5.41, 5.74) is -0.183. The van der Waals surface area contributed by atoms with Crippen LogP contribution in [-0.2, 0) is 9.47 Å². The molecule has 0 aliphatic rings. The Balaban J connectivity index is 2.30. The first kappa shape index (κ1) is 18.1. The number of rotatable bonds is 6. The molecule has 5 nitrogen and oxygen atoms in total. The van der Waals surface area contributed by atoms with Crippen molar-refractivity contribution in [3.8, 4) is 0 Å². The van der Waals surface area contributed by atoms with Crippen molar-refractivity contribution in [3.05, 3.63) is 35.6 Å². The van der Waals surface area contributed by atoms with E-state index in [0.717, 1.165) is 0 Å². The highest BCUT2D eigenvalue weighted by Crippen LogP contribution is 2.07. The van der Waals surface area contributed by atoms with Crippen LogP contribution in [0.2, 0.25) is 0 Å². The van der Waals surface area contributed by atoms with Gasteiger partial charge in [0, 0.05) is 5.56 Å². The minimum Gasteiger partial charge on any atom is -0.444 e. The summed E-state index contributed by atoms with van der Waals surface area (Å²) in [5, 5.41) is 2.61. The van der Waals surface area contributed by atoms with E-state index in [4.69, 9.17) is 9.47 Å². The average molecular weight is 311 g/mol. The molecule has 0 aliphatic carbocycles. The topological polar surface area (TPSA) is 64.6 Å². The van der Waals surface area contributed by atoms with Gasteiger partial charge in [0.25, 0.3) is 0 Å². The number of Topliss-reactive ketones (excluding diaryl/α,β-unsaturated/α-hetero) is 1. The summed E-state index contributed by atoms with van der Waals surface area (Å²) in [6.45, 7) is 7.10. The molecule has 0 fully saturated rings. The van der Waals surface area contributed by atoms with Crippen LogP contribution in [0, 0.1) is 5.82 Å². The molecule has 0 saturated heterocycles. The predicted octanol–water partition coefficient (Wildman–Crippen LogP) is 2.94. The molecule has 0 spiro atoms. The standard InChI is InChI=1S/C16H22FNO4/c1-11(18-15(20)22-16(2,3)4)9-21-10-14(19)12-5-7-13(17)8-6-12/h5-8,11H,9-10H2,1-4H3,(H,18,20). The monoisotopic (exact) mass is 311 g/mol. The molecule has 0 aromatic heterocycles. The van der Waals surface area contributed by atoms with Gasteiger partial charge >= 0.3 is 6.09 Å². The summed E-state index contributed by atoms with van der Waals surface area (Å²) in [7, 11) is 0. The first-order valence-electron chi connectivity index (χ1n) is 7.03. The van der Waals surface area contributed by atoms with Crippen LogP contribution in [0.4, 0.5) is 9.18 Å². The number of nitrogens with one attached hydrogen (secondary N) is 1. The van der Waals surface area contributed by atoms with Crippen molar-refractivity contribution in [3.63, 3.8) is 0 Å². The lowest BCUT2D eigenvalue weighted by molar-refractivity contribution is 0.0451. The van der Waals surface area contributed by atoms with Crippen LogP contribution >= 0.6 is 0 Å². The fraction of sp³-hybridized carbons (Fsp3) is 0.500. The fourth-order valence-corrected chi connectivity index (χ4v) is 1.60. The van der Waals surface area contributed by atoms with Crippen LogP contribution in [0.3, 0.4) is 0 Å². The van der Waals surface area contributed by atoms with Crippen molar-refractivity contribution >= 4 is 11.9 Å². The van der Waals surface area contributed by atoms with E-state index < -0.39 is 17.5 Å². The normalized spacial score (nSPS) is 12.6.